The molecule has 5 heteroatoms. The number of hydrogen-bond donors (Lipinski definition) is 2. The molecule has 2 aliphatic heterocycles. The van der Waals surface area contributed by atoms with E-state index in [0.29, 0.717) is 6.61 Å². The van der Waals surface area contributed by atoms with Gasteiger partial charge in [0.25, 0.3) is 0 Å². The lowest BCUT2D eigenvalue weighted by atomic mass is 9.86. The summed E-state index contributed by atoms with van der Waals surface area (Å²) in [5.41, 5.74) is -0.883. The topological polar surface area (TPSA) is 68.2 Å². The number of aliphatic hydroxyl groups excluding tert-OH is 2. The van der Waals surface area contributed by atoms with E-state index in [-0.39, 0.29) is 19.1 Å². The van der Waals surface area contributed by atoms with Gasteiger partial charge < -0.3 is 24.4 Å². The molecule has 2 rings (SSSR count). The first-order valence-electron chi connectivity index (χ1n) is 5.84. The maximum Gasteiger partial charge on any atom is 0.163 e. The van der Waals surface area contributed by atoms with Crippen LogP contribution in [0, 0.1) is 5.92 Å². The van der Waals surface area contributed by atoms with Crippen LogP contribution in [0.1, 0.15) is 20.3 Å². The molecule has 0 amide bonds. The molecule has 5 nitrogen and oxygen atoms in total. The van der Waals surface area contributed by atoms with Crippen LogP contribution in [0.15, 0.2) is 0 Å². The Balaban J connectivity index is 2.03. The summed E-state index contributed by atoms with van der Waals surface area (Å²) in [6.07, 6.45) is -1.27. The molecule has 16 heavy (non-hydrogen) atoms. The molecule has 0 aromatic rings. The fourth-order valence-corrected chi connectivity index (χ4v) is 2.25. The van der Waals surface area contributed by atoms with Crippen molar-refractivity contribution < 1.29 is 24.4 Å². The van der Waals surface area contributed by atoms with E-state index in [1.807, 2.05) is 6.92 Å². The van der Waals surface area contributed by atoms with Crippen molar-refractivity contribution >= 4 is 0 Å². The van der Waals surface area contributed by atoms with Crippen LogP contribution in [0.25, 0.3) is 0 Å². The van der Waals surface area contributed by atoms with Gasteiger partial charge in [0.05, 0.1) is 19.3 Å². The third-order valence-corrected chi connectivity index (χ3v) is 3.37. The van der Waals surface area contributed by atoms with Crippen molar-refractivity contribution in [2.24, 2.45) is 5.92 Å². The molecular formula is C11H20O5. The van der Waals surface area contributed by atoms with Gasteiger partial charge in [0, 0.05) is 12.5 Å². The van der Waals surface area contributed by atoms with E-state index in [9.17, 15) is 10.2 Å². The quantitative estimate of drug-likeness (QED) is 0.662. The molecule has 2 aliphatic rings. The summed E-state index contributed by atoms with van der Waals surface area (Å²) in [6, 6.07) is 0. The molecule has 0 aliphatic carbocycles. The molecule has 0 aromatic heterocycles. The highest BCUT2D eigenvalue weighted by Gasteiger charge is 2.57. The predicted octanol–water partition coefficient (Wildman–Crippen LogP) is -0.104. The molecule has 0 saturated carbocycles. The maximum absolute atomic E-state index is 10.0. The number of ether oxygens (including phenoxy) is 3. The third kappa shape index (κ3) is 1.87. The van der Waals surface area contributed by atoms with Crippen LogP contribution in [0.5, 0.6) is 0 Å². The van der Waals surface area contributed by atoms with Crippen LogP contribution < -0.4 is 0 Å². The highest BCUT2D eigenvalue weighted by molar-refractivity contribution is 5.02. The lowest BCUT2D eigenvalue weighted by Gasteiger charge is -2.41. The van der Waals surface area contributed by atoms with Crippen LogP contribution >= 0.6 is 0 Å². The fourth-order valence-electron chi connectivity index (χ4n) is 2.25. The van der Waals surface area contributed by atoms with Gasteiger partial charge in [0.1, 0.15) is 11.7 Å². The summed E-state index contributed by atoms with van der Waals surface area (Å²) in [5.74, 6) is -0.211. The van der Waals surface area contributed by atoms with Crippen molar-refractivity contribution in [1.29, 1.82) is 0 Å². The van der Waals surface area contributed by atoms with Gasteiger partial charge in [-0.05, 0) is 6.42 Å². The molecular weight excluding hydrogens is 212 g/mol. The zero-order valence-electron chi connectivity index (χ0n) is 9.76. The highest BCUT2D eigenvalue weighted by Crippen LogP contribution is 2.39. The van der Waals surface area contributed by atoms with E-state index >= 15 is 0 Å². The number of aliphatic hydroxyl groups is 2. The Morgan fingerprint density at radius 2 is 2.19 bits per heavy atom. The summed E-state index contributed by atoms with van der Waals surface area (Å²) in [6.45, 7) is 4.99. The van der Waals surface area contributed by atoms with Crippen LogP contribution in [-0.2, 0) is 14.2 Å². The first kappa shape index (κ1) is 12.3. The van der Waals surface area contributed by atoms with Crippen LogP contribution in [0.2, 0.25) is 0 Å². The zero-order chi connectivity index (χ0) is 11.8. The van der Waals surface area contributed by atoms with E-state index in [1.54, 1.807) is 6.92 Å². The van der Waals surface area contributed by atoms with Gasteiger partial charge in [0.15, 0.2) is 6.29 Å². The second-order valence-corrected chi connectivity index (χ2v) is 4.71. The van der Waals surface area contributed by atoms with Gasteiger partial charge in [-0.1, -0.05) is 13.8 Å². The van der Waals surface area contributed by atoms with Crippen molar-refractivity contribution in [3.8, 4) is 0 Å². The summed E-state index contributed by atoms with van der Waals surface area (Å²) in [7, 11) is 0. The minimum Gasteiger partial charge on any atom is -0.390 e. The first-order chi connectivity index (χ1) is 7.60. The smallest absolute Gasteiger partial charge is 0.163 e. The molecule has 2 N–H and O–H groups in total. The molecule has 2 fully saturated rings. The predicted molar refractivity (Wildman–Crippen MR) is 55.8 cm³/mol. The third-order valence-electron chi connectivity index (χ3n) is 3.37. The van der Waals surface area contributed by atoms with Crippen molar-refractivity contribution in [3.05, 3.63) is 0 Å². The van der Waals surface area contributed by atoms with Crippen molar-refractivity contribution in [1.82, 2.24) is 0 Å². The minimum absolute atomic E-state index is 0.211. The van der Waals surface area contributed by atoms with E-state index in [2.05, 4.69) is 0 Å². The first-order valence-corrected chi connectivity index (χ1v) is 5.84. The van der Waals surface area contributed by atoms with Gasteiger partial charge >= 0.3 is 0 Å². The van der Waals surface area contributed by atoms with Crippen molar-refractivity contribution in [2.45, 2.75) is 44.4 Å². The minimum atomic E-state index is -0.946. The number of hydrogen-bond acceptors (Lipinski definition) is 5. The molecule has 94 valence electrons. The summed E-state index contributed by atoms with van der Waals surface area (Å²) < 4.78 is 16.5. The molecule has 2 saturated heterocycles. The summed E-state index contributed by atoms with van der Waals surface area (Å²) >= 11 is 0. The monoisotopic (exact) mass is 232 g/mol. The lowest BCUT2D eigenvalue weighted by Crippen LogP contribution is -2.60. The SMILES string of the molecule is CCCOC[C@@]12CO[C@@H](O1)[C@H](C)[C@@H](O)[C@H]2O. The number of rotatable bonds is 4. The Morgan fingerprint density at radius 1 is 1.44 bits per heavy atom. The largest absolute Gasteiger partial charge is 0.390 e. The molecule has 0 unspecified atom stereocenters. The fraction of sp³-hybridized carbons (Fsp3) is 1.00. The Labute approximate surface area is 95.3 Å². The molecule has 5 atom stereocenters. The molecule has 0 aromatic carbocycles. The second kappa shape index (κ2) is 4.58. The number of fused-ring (bicyclic) bond motifs is 2. The Kier molecular flexibility index (Phi) is 3.51. The Hall–Kier alpha value is -0.200. The second-order valence-electron chi connectivity index (χ2n) is 4.71. The summed E-state index contributed by atoms with van der Waals surface area (Å²) in [4.78, 5) is 0. The zero-order valence-corrected chi connectivity index (χ0v) is 9.76. The maximum atomic E-state index is 10.0. The standard InChI is InChI=1S/C11H20O5/c1-3-4-14-5-11-6-15-10(16-11)7(2)8(12)9(11)13/h7-10,12-13H,3-6H2,1-2H3/t7-,8-,9-,10+,11+/m1/s1. The molecule has 0 spiro atoms. The van der Waals surface area contributed by atoms with Gasteiger partial charge in [-0.15, -0.1) is 0 Å². The lowest BCUT2D eigenvalue weighted by molar-refractivity contribution is -0.248. The Bertz CT molecular complexity index is 247. The van der Waals surface area contributed by atoms with E-state index in [1.165, 1.54) is 0 Å². The van der Waals surface area contributed by atoms with Gasteiger partial charge in [-0.25, -0.2) is 0 Å². The Morgan fingerprint density at radius 3 is 2.88 bits per heavy atom. The normalized spacial score (nSPS) is 47.2. The highest BCUT2D eigenvalue weighted by atomic mass is 16.7. The van der Waals surface area contributed by atoms with Gasteiger partial charge in [0.2, 0.25) is 0 Å². The van der Waals surface area contributed by atoms with E-state index in [0.717, 1.165) is 6.42 Å². The average Bonchev–Trinajstić information content (AvgIpc) is 2.68. The molecule has 0 radical (unpaired) electrons. The van der Waals surface area contributed by atoms with E-state index < -0.39 is 24.1 Å². The molecule has 2 heterocycles. The van der Waals surface area contributed by atoms with Crippen molar-refractivity contribution in [3.63, 3.8) is 0 Å². The van der Waals surface area contributed by atoms with Crippen LogP contribution in [0.4, 0.5) is 0 Å². The summed E-state index contributed by atoms with van der Waals surface area (Å²) in [5, 5.41) is 19.9. The van der Waals surface area contributed by atoms with Crippen molar-refractivity contribution in [2.75, 3.05) is 19.8 Å². The van der Waals surface area contributed by atoms with Gasteiger partial charge in [-0.3, -0.25) is 0 Å². The average molecular weight is 232 g/mol. The molecule has 2 bridgehead atoms. The van der Waals surface area contributed by atoms with Gasteiger partial charge in [-0.2, -0.15) is 0 Å². The van der Waals surface area contributed by atoms with Crippen LogP contribution in [-0.4, -0.2) is 54.1 Å². The van der Waals surface area contributed by atoms with Crippen LogP contribution in [0.3, 0.4) is 0 Å². The van der Waals surface area contributed by atoms with E-state index in [4.69, 9.17) is 14.2 Å².